The molecule has 11 heavy (non-hydrogen) atoms. The predicted octanol–water partition coefficient (Wildman–Crippen LogP) is 3.27. The van der Waals surface area contributed by atoms with Gasteiger partial charge < -0.3 is 5.11 Å². The summed E-state index contributed by atoms with van der Waals surface area (Å²) < 4.78 is 0. The van der Waals surface area contributed by atoms with Gasteiger partial charge in [-0.3, -0.25) is 0 Å². The van der Waals surface area contributed by atoms with Crippen molar-refractivity contribution >= 4 is 0 Å². The monoisotopic (exact) mass is 154 g/mol. The maximum Gasteiger partial charge on any atom is 0.0920 e. The van der Waals surface area contributed by atoms with Crippen LogP contribution in [0.1, 0.15) is 40.5 Å². The van der Waals surface area contributed by atoms with E-state index < -0.39 is 0 Å². The van der Waals surface area contributed by atoms with Crippen molar-refractivity contribution in [1.82, 2.24) is 0 Å². The lowest BCUT2D eigenvalue weighted by molar-refractivity contribution is 0.276. The lowest BCUT2D eigenvalue weighted by Gasteiger charge is -2.27. The molecule has 1 N–H and O–H groups in total. The summed E-state index contributed by atoms with van der Waals surface area (Å²) in [6, 6.07) is 0. The van der Waals surface area contributed by atoms with E-state index in [2.05, 4.69) is 20.8 Å². The largest absolute Gasteiger partial charge is 0.512 e. The summed E-state index contributed by atoms with van der Waals surface area (Å²) in [4.78, 5) is 0. The van der Waals surface area contributed by atoms with Gasteiger partial charge in [-0.05, 0) is 23.8 Å². The first-order valence-electron chi connectivity index (χ1n) is 4.39. The molecule has 0 saturated carbocycles. The topological polar surface area (TPSA) is 20.2 Å². The van der Waals surface area contributed by atoms with Crippen molar-refractivity contribution in [2.24, 2.45) is 11.3 Å². The van der Waals surface area contributed by atoms with Crippen LogP contribution in [-0.2, 0) is 0 Å². The Kier molecular flexibility index (Phi) is 2.00. The lowest BCUT2D eigenvalue weighted by atomic mass is 9.76. The molecule has 0 fully saturated rings. The maximum atomic E-state index is 9.51. The number of hydrogen-bond donors (Lipinski definition) is 1. The van der Waals surface area contributed by atoms with Gasteiger partial charge in [0.1, 0.15) is 0 Å². The molecule has 1 unspecified atom stereocenters. The average molecular weight is 154 g/mol. The zero-order valence-electron chi connectivity index (χ0n) is 7.94. The highest BCUT2D eigenvalue weighted by atomic mass is 16.3. The molecule has 1 nitrogen and oxygen atoms in total. The van der Waals surface area contributed by atoms with E-state index in [1.54, 1.807) is 0 Å². The minimum absolute atomic E-state index is 0.221. The first-order chi connectivity index (χ1) is 5.00. The average Bonchev–Trinajstić information content (AvgIpc) is 2.13. The van der Waals surface area contributed by atoms with E-state index in [0.717, 1.165) is 12.8 Å². The molecule has 64 valence electrons. The second kappa shape index (κ2) is 2.54. The molecule has 0 aromatic rings. The fraction of sp³-hybridized carbons (Fsp3) is 0.800. The molecule has 1 atom stereocenters. The maximum absolute atomic E-state index is 9.51. The minimum atomic E-state index is 0.221. The van der Waals surface area contributed by atoms with Crippen molar-refractivity contribution in [3.05, 3.63) is 11.3 Å². The number of allylic oxidation sites excluding steroid dienone is 2. The van der Waals surface area contributed by atoms with Crippen molar-refractivity contribution in [2.75, 3.05) is 0 Å². The van der Waals surface area contributed by atoms with Crippen LogP contribution in [0.4, 0.5) is 0 Å². The third-order valence-corrected chi connectivity index (χ3v) is 3.35. The normalized spacial score (nSPS) is 29.6. The first-order valence-corrected chi connectivity index (χ1v) is 4.39. The third kappa shape index (κ3) is 1.17. The Morgan fingerprint density at radius 2 is 2.09 bits per heavy atom. The van der Waals surface area contributed by atoms with Crippen LogP contribution in [-0.4, -0.2) is 5.11 Å². The molecule has 1 rings (SSSR count). The van der Waals surface area contributed by atoms with Gasteiger partial charge in [0.25, 0.3) is 0 Å². The van der Waals surface area contributed by atoms with E-state index in [4.69, 9.17) is 0 Å². The van der Waals surface area contributed by atoms with Gasteiger partial charge >= 0.3 is 0 Å². The van der Waals surface area contributed by atoms with Crippen molar-refractivity contribution in [1.29, 1.82) is 0 Å². The molecule has 0 radical (unpaired) electrons. The standard InChI is InChI=1S/C10H18O/c1-5-8-6-9(11)7(2)10(8,3)4/h8,11H,5-6H2,1-4H3. The van der Waals surface area contributed by atoms with Crippen LogP contribution >= 0.6 is 0 Å². The van der Waals surface area contributed by atoms with Gasteiger partial charge in [0, 0.05) is 6.42 Å². The Morgan fingerprint density at radius 1 is 1.55 bits per heavy atom. The van der Waals surface area contributed by atoms with Crippen LogP contribution in [0.25, 0.3) is 0 Å². The molecule has 0 saturated heterocycles. The van der Waals surface area contributed by atoms with E-state index in [0.29, 0.717) is 11.7 Å². The highest BCUT2D eigenvalue weighted by molar-refractivity contribution is 5.22. The van der Waals surface area contributed by atoms with Crippen LogP contribution in [0.3, 0.4) is 0 Å². The van der Waals surface area contributed by atoms with Crippen molar-refractivity contribution < 1.29 is 5.11 Å². The zero-order chi connectivity index (χ0) is 8.65. The molecule has 0 bridgehead atoms. The summed E-state index contributed by atoms with van der Waals surface area (Å²) in [6.07, 6.45) is 2.05. The van der Waals surface area contributed by atoms with E-state index in [1.807, 2.05) is 6.92 Å². The Bertz CT molecular complexity index is 189. The molecule has 0 heterocycles. The highest BCUT2D eigenvalue weighted by Gasteiger charge is 2.37. The van der Waals surface area contributed by atoms with Gasteiger partial charge in [-0.25, -0.2) is 0 Å². The molecule has 0 amide bonds. The summed E-state index contributed by atoms with van der Waals surface area (Å²) in [5, 5.41) is 9.51. The number of aliphatic hydroxyl groups excluding tert-OH is 1. The quantitative estimate of drug-likeness (QED) is 0.614. The first kappa shape index (κ1) is 8.63. The molecule has 1 heteroatoms. The summed E-state index contributed by atoms with van der Waals surface area (Å²) in [5.74, 6) is 1.27. The molecular formula is C10H18O. The third-order valence-electron chi connectivity index (χ3n) is 3.35. The van der Waals surface area contributed by atoms with Crippen LogP contribution in [0, 0.1) is 11.3 Å². The molecule has 0 aromatic heterocycles. The molecule has 1 aliphatic rings. The van der Waals surface area contributed by atoms with E-state index in [-0.39, 0.29) is 5.41 Å². The lowest BCUT2D eigenvalue weighted by Crippen LogP contribution is -2.19. The number of rotatable bonds is 1. The molecule has 0 spiro atoms. The van der Waals surface area contributed by atoms with Crippen molar-refractivity contribution in [2.45, 2.75) is 40.5 Å². The number of aliphatic hydroxyl groups is 1. The van der Waals surface area contributed by atoms with Crippen molar-refractivity contribution in [3.63, 3.8) is 0 Å². The zero-order valence-corrected chi connectivity index (χ0v) is 7.94. The second-order valence-electron chi connectivity index (χ2n) is 4.10. The van der Waals surface area contributed by atoms with Gasteiger partial charge in [0.2, 0.25) is 0 Å². The fourth-order valence-corrected chi connectivity index (χ4v) is 1.97. The second-order valence-corrected chi connectivity index (χ2v) is 4.10. The molecule has 0 aliphatic heterocycles. The molecule has 1 aliphatic carbocycles. The summed E-state index contributed by atoms with van der Waals surface area (Å²) in [5.41, 5.74) is 1.41. The van der Waals surface area contributed by atoms with E-state index >= 15 is 0 Å². The van der Waals surface area contributed by atoms with Crippen LogP contribution in [0.5, 0.6) is 0 Å². The Labute approximate surface area is 69.1 Å². The molecular weight excluding hydrogens is 136 g/mol. The van der Waals surface area contributed by atoms with Gasteiger partial charge in [-0.2, -0.15) is 0 Å². The van der Waals surface area contributed by atoms with Crippen LogP contribution < -0.4 is 0 Å². The van der Waals surface area contributed by atoms with Crippen molar-refractivity contribution in [3.8, 4) is 0 Å². The van der Waals surface area contributed by atoms with Crippen LogP contribution in [0.15, 0.2) is 11.3 Å². The smallest absolute Gasteiger partial charge is 0.0920 e. The van der Waals surface area contributed by atoms with Gasteiger partial charge in [-0.15, -0.1) is 0 Å². The Hall–Kier alpha value is -0.460. The molecule has 0 aromatic carbocycles. The predicted molar refractivity (Wildman–Crippen MR) is 47.5 cm³/mol. The van der Waals surface area contributed by atoms with Crippen LogP contribution in [0.2, 0.25) is 0 Å². The number of hydrogen-bond acceptors (Lipinski definition) is 1. The van der Waals surface area contributed by atoms with E-state index in [9.17, 15) is 5.11 Å². The highest BCUT2D eigenvalue weighted by Crippen LogP contribution is 2.47. The summed E-state index contributed by atoms with van der Waals surface area (Å²) in [6.45, 7) is 8.68. The van der Waals surface area contributed by atoms with Gasteiger partial charge in [0.05, 0.1) is 5.76 Å². The summed E-state index contributed by atoms with van der Waals surface area (Å²) in [7, 11) is 0. The van der Waals surface area contributed by atoms with Gasteiger partial charge in [0.15, 0.2) is 0 Å². The Morgan fingerprint density at radius 3 is 2.27 bits per heavy atom. The Balaban J connectivity index is 2.88. The summed E-state index contributed by atoms with van der Waals surface area (Å²) >= 11 is 0. The minimum Gasteiger partial charge on any atom is -0.512 e. The van der Waals surface area contributed by atoms with Gasteiger partial charge in [-0.1, -0.05) is 27.2 Å². The SMILES string of the molecule is CCC1CC(O)=C(C)C1(C)C. The van der Waals surface area contributed by atoms with E-state index in [1.165, 1.54) is 5.57 Å². The fourth-order valence-electron chi connectivity index (χ4n) is 1.97.